The largest absolute Gasteiger partial charge is 0.305 e. The first-order valence-corrected chi connectivity index (χ1v) is 20.3. The number of rotatable bonds is 4. The minimum atomic E-state index is -1.23. The molecule has 8 aromatic rings. The van der Waals surface area contributed by atoms with Gasteiger partial charge in [0, 0.05) is 55.0 Å². The van der Waals surface area contributed by atoms with Gasteiger partial charge in [0.1, 0.15) is 0 Å². The van der Waals surface area contributed by atoms with E-state index in [0.717, 1.165) is 39.3 Å². The molecule has 0 amide bonds. The van der Waals surface area contributed by atoms with Gasteiger partial charge in [-0.05, 0) is 63.1 Å². The van der Waals surface area contributed by atoms with E-state index in [-0.39, 0.29) is 20.1 Å². The molecule has 3 nitrogen and oxygen atoms in total. The van der Waals surface area contributed by atoms with Crippen molar-refractivity contribution >= 4 is 66.4 Å². The van der Waals surface area contributed by atoms with Gasteiger partial charge in [-0.2, -0.15) is 11.3 Å². The molecule has 4 heterocycles. The van der Waals surface area contributed by atoms with Crippen LogP contribution in [0.5, 0.6) is 0 Å². The van der Waals surface area contributed by atoms with Gasteiger partial charge in [-0.15, -0.1) is 59.7 Å². The van der Waals surface area contributed by atoms with Crippen LogP contribution >= 0.6 is 11.3 Å². The third-order valence-corrected chi connectivity index (χ3v) is 11.9. The van der Waals surface area contributed by atoms with Crippen molar-refractivity contribution in [3.05, 3.63) is 133 Å². The molecular formula is C42H37IrN3SSi-2. The zero-order valence-electron chi connectivity index (χ0n) is 29.0. The van der Waals surface area contributed by atoms with Crippen LogP contribution in [0.1, 0.15) is 32.4 Å². The molecule has 0 aliphatic carbocycles. The van der Waals surface area contributed by atoms with Gasteiger partial charge in [0.25, 0.3) is 0 Å². The summed E-state index contributed by atoms with van der Waals surface area (Å²) in [7, 11) is -1.23. The molecule has 4 aromatic heterocycles. The molecule has 0 spiro atoms. The van der Waals surface area contributed by atoms with Crippen molar-refractivity contribution < 1.29 is 21.5 Å². The molecule has 0 aliphatic rings. The van der Waals surface area contributed by atoms with E-state index in [9.17, 15) is 0 Å². The summed E-state index contributed by atoms with van der Waals surface area (Å²) >= 11 is 1.79. The van der Waals surface area contributed by atoms with Crippen molar-refractivity contribution in [3.8, 4) is 22.5 Å². The molecule has 0 unspecified atom stereocenters. The fourth-order valence-electron chi connectivity index (χ4n) is 5.99. The Balaban J connectivity index is 0.000000208. The van der Waals surface area contributed by atoms with Crippen molar-refractivity contribution in [2.45, 2.75) is 46.3 Å². The number of aromatic nitrogens is 3. The van der Waals surface area contributed by atoms with Crippen molar-refractivity contribution in [3.63, 3.8) is 0 Å². The van der Waals surface area contributed by atoms with Crippen LogP contribution in [0.3, 0.4) is 0 Å². The number of pyridine rings is 3. The minimum Gasteiger partial charge on any atom is -0.305 e. The Morgan fingerprint density at radius 1 is 0.750 bits per heavy atom. The van der Waals surface area contributed by atoms with Crippen LogP contribution in [0, 0.1) is 19.1 Å². The second kappa shape index (κ2) is 13.8. The van der Waals surface area contributed by atoms with Crippen LogP contribution in [0.4, 0.5) is 0 Å². The van der Waals surface area contributed by atoms with Crippen LogP contribution in [0.15, 0.2) is 109 Å². The maximum atomic E-state index is 8.44. The zero-order chi connectivity index (χ0) is 33.6. The Kier molecular flexibility index (Phi) is 9.35. The van der Waals surface area contributed by atoms with E-state index >= 15 is 0 Å². The molecule has 4 aromatic carbocycles. The van der Waals surface area contributed by atoms with E-state index in [4.69, 9.17) is 6.35 Å². The molecule has 241 valence electrons. The third kappa shape index (κ3) is 6.51. The Hall–Kier alpha value is -4.06. The smallest absolute Gasteiger partial charge is 0.0797 e. The van der Waals surface area contributed by atoms with E-state index in [1.165, 1.54) is 41.5 Å². The van der Waals surface area contributed by atoms with Crippen LogP contribution in [0.2, 0.25) is 19.6 Å². The molecule has 0 bridgehead atoms. The quantitative estimate of drug-likeness (QED) is 0.101. The van der Waals surface area contributed by atoms with E-state index in [1.807, 2.05) is 69.4 Å². The Morgan fingerprint density at radius 2 is 1.54 bits per heavy atom. The molecule has 0 N–H and O–H groups in total. The summed E-state index contributed by atoms with van der Waals surface area (Å²) in [5, 5.41) is 7.48. The number of hydrogen-bond acceptors (Lipinski definition) is 4. The van der Waals surface area contributed by atoms with E-state index in [1.54, 1.807) is 17.5 Å². The fraction of sp³-hybridized carbons (Fsp3) is 0.167. The number of hydrogen-bond donors (Lipinski definition) is 0. The summed E-state index contributed by atoms with van der Waals surface area (Å²) in [5.41, 5.74) is 6.95. The van der Waals surface area contributed by atoms with Gasteiger partial charge >= 0.3 is 0 Å². The molecule has 0 fully saturated rings. The predicted molar refractivity (Wildman–Crippen MR) is 205 cm³/mol. The molecule has 0 saturated heterocycles. The third-order valence-electron chi connectivity index (χ3n) is 8.59. The van der Waals surface area contributed by atoms with Crippen molar-refractivity contribution in [1.82, 2.24) is 15.0 Å². The molecule has 0 aliphatic heterocycles. The normalized spacial score (nSPS) is 12.1. The van der Waals surface area contributed by atoms with Gasteiger partial charge in [-0.1, -0.05) is 86.9 Å². The minimum absolute atomic E-state index is 0. The van der Waals surface area contributed by atoms with E-state index < -0.39 is 14.0 Å². The van der Waals surface area contributed by atoms with Gasteiger partial charge in [0.2, 0.25) is 0 Å². The first kappa shape index (κ1) is 32.5. The predicted octanol–water partition coefficient (Wildman–Crippen LogP) is 11.1. The van der Waals surface area contributed by atoms with Crippen molar-refractivity contribution in [2.75, 3.05) is 0 Å². The molecule has 0 saturated carbocycles. The number of thiophene rings is 1. The second-order valence-corrected chi connectivity index (χ2v) is 19.3. The molecule has 0 atom stereocenters. The average molecular weight is 837 g/mol. The van der Waals surface area contributed by atoms with E-state index in [2.05, 4.69) is 96.3 Å². The first-order chi connectivity index (χ1) is 23.0. The Morgan fingerprint density at radius 3 is 2.25 bits per heavy atom. The maximum absolute atomic E-state index is 8.44. The molecule has 6 heteroatoms. The van der Waals surface area contributed by atoms with E-state index in [0.29, 0.717) is 0 Å². The topological polar surface area (TPSA) is 38.7 Å². The van der Waals surface area contributed by atoms with Crippen molar-refractivity contribution in [1.29, 1.82) is 0 Å². The van der Waals surface area contributed by atoms with Crippen LogP contribution in [0.25, 0.3) is 64.4 Å². The van der Waals surface area contributed by atoms with Crippen LogP contribution in [-0.2, 0) is 20.1 Å². The van der Waals surface area contributed by atoms with Gasteiger partial charge in [-0.25, -0.2) is 0 Å². The molecular weight excluding hydrogens is 799 g/mol. The summed E-state index contributed by atoms with van der Waals surface area (Å²) < 4.78 is 10.9. The summed E-state index contributed by atoms with van der Waals surface area (Å²) in [6.07, 6.45) is 3.82. The zero-order valence-corrected chi connectivity index (χ0v) is 32.2. The molecule has 1 radical (unpaired) electrons. The van der Waals surface area contributed by atoms with Crippen LogP contribution < -0.4 is 5.19 Å². The van der Waals surface area contributed by atoms with Gasteiger partial charge in [0.05, 0.1) is 13.6 Å². The Labute approximate surface area is 302 Å². The van der Waals surface area contributed by atoms with Gasteiger partial charge in [-0.3, -0.25) is 4.98 Å². The first-order valence-electron chi connectivity index (χ1n) is 16.4. The van der Waals surface area contributed by atoms with Gasteiger partial charge < -0.3 is 9.97 Å². The van der Waals surface area contributed by atoms with Gasteiger partial charge in [0.15, 0.2) is 0 Å². The molecule has 48 heavy (non-hydrogen) atoms. The summed E-state index contributed by atoms with van der Waals surface area (Å²) in [6, 6.07) is 39.9. The number of aryl methyl sites for hydroxylation is 1. The standard InChI is InChI=1S/C28H21N2S.C14H16NSi.Ir/c1-16(2)18-13-14-29-24(15-18)21-9-6-10-22-25-19-7-4-5-8-20(19)26-23(12-11-17(3)30-26)28(25)31-27(21)22;1-16(2,3)13-9-10-14(15-11-13)12-7-5-4-6-8-12;/h4-8,10-16H,1-3H3;4-7,9-11H,1-3H3;/q2*-1;/i16D;;. The second-order valence-electron chi connectivity index (χ2n) is 13.2. The Bertz CT molecular complexity index is 2430. The fourth-order valence-corrected chi connectivity index (χ4v) is 8.37. The average Bonchev–Trinajstić information content (AvgIpc) is 3.49. The summed E-state index contributed by atoms with van der Waals surface area (Å²) in [4.78, 5) is 14.1. The number of benzene rings is 4. The van der Waals surface area contributed by atoms with Crippen LogP contribution in [-0.4, -0.2) is 23.0 Å². The summed E-state index contributed by atoms with van der Waals surface area (Å²) in [5.74, 6) is -0.679. The summed E-state index contributed by atoms with van der Waals surface area (Å²) in [6.45, 7) is 12.9. The number of nitrogens with zero attached hydrogens (tertiary/aromatic N) is 3. The molecule has 8 rings (SSSR count). The van der Waals surface area contributed by atoms with Crippen molar-refractivity contribution in [2.24, 2.45) is 0 Å². The number of fused-ring (bicyclic) bond motifs is 8. The monoisotopic (exact) mass is 837 g/mol. The SMILES string of the molecule is C[Si](C)(C)c1ccc(-c2[c-]cccc2)nc1.[2H]C(C)(C)c1ccnc(-c2[c-]ccc3c2sc2c4ccc(C)nc4c4ccccc4c32)c1.[Ir]. The maximum Gasteiger partial charge on any atom is 0.0797 e.